The third-order valence-corrected chi connectivity index (χ3v) is 6.70. The van der Waals surface area contributed by atoms with Crippen LogP contribution >= 0.6 is 0 Å². The second-order valence-corrected chi connectivity index (χ2v) is 9.55. The number of halogens is 1. The summed E-state index contributed by atoms with van der Waals surface area (Å²) >= 11 is 0. The van der Waals surface area contributed by atoms with E-state index < -0.39 is 23.7 Å². The van der Waals surface area contributed by atoms with Crippen LogP contribution in [0.25, 0.3) is 16.7 Å². The van der Waals surface area contributed by atoms with Crippen molar-refractivity contribution in [2.75, 3.05) is 5.32 Å². The molecule has 0 aliphatic rings. The molecule has 5 aromatic rings. The molecule has 1 amide bonds. The van der Waals surface area contributed by atoms with Gasteiger partial charge in [0.05, 0.1) is 29.0 Å². The number of para-hydroxylation sites is 2. The molecular formula is C30H29FN6O3. The first-order chi connectivity index (χ1) is 19.3. The molecule has 0 spiro atoms. The Labute approximate surface area is 230 Å². The van der Waals surface area contributed by atoms with E-state index in [1.165, 1.54) is 12.1 Å². The number of hydrogen-bond acceptors (Lipinski definition) is 5. The SMILES string of the molecule is CCc1cc(F)cc(C)c1C(=O)NC(Cc1ccc(-n2ccc(CNc3nc4ccccc4[nH]3)n2)cc1)C(=O)O. The van der Waals surface area contributed by atoms with Gasteiger partial charge in [-0.3, -0.25) is 4.79 Å². The number of fused-ring (bicyclic) bond motifs is 1. The van der Waals surface area contributed by atoms with Crippen LogP contribution in [0, 0.1) is 12.7 Å². The minimum atomic E-state index is -1.15. The van der Waals surface area contributed by atoms with Crippen LogP contribution in [0.2, 0.25) is 0 Å². The number of carboxylic acids is 1. The fourth-order valence-corrected chi connectivity index (χ4v) is 4.68. The molecule has 1 atom stereocenters. The summed E-state index contributed by atoms with van der Waals surface area (Å²) in [6.07, 6.45) is 2.39. The van der Waals surface area contributed by atoms with Crippen LogP contribution < -0.4 is 10.6 Å². The summed E-state index contributed by atoms with van der Waals surface area (Å²) in [7, 11) is 0. The number of H-pyrrole nitrogens is 1. The Bertz CT molecular complexity index is 1640. The second kappa shape index (κ2) is 11.4. The number of anilines is 1. The lowest BCUT2D eigenvalue weighted by Gasteiger charge is -2.18. The number of benzene rings is 3. The largest absolute Gasteiger partial charge is 0.480 e. The molecule has 2 heterocycles. The minimum Gasteiger partial charge on any atom is -0.480 e. The van der Waals surface area contributed by atoms with E-state index in [4.69, 9.17) is 0 Å². The molecule has 5 rings (SSSR count). The standard InChI is InChI=1S/C30H29FN6O3/c1-3-20-16-21(31)14-18(2)27(20)28(38)33-26(29(39)40)15-19-8-10-23(11-9-19)37-13-12-22(36-37)17-32-30-34-24-6-4-5-7-25(24)35-30/h4-14,16,26H,3,15,17H2,1-2H3,(H,33,38)(H,39,40)(H2,32,34,35). The van der Waals surface area contributed by atoms with Crippen molar-refractivity contribution in [3.05, 3.63) is 107 Å². The van der Waals surface area contributed by atoms with Gasteiger partial charge in [-0.15, -0.1) is 0 Å². The van der Waals surface area contributed by atoms with Crippen molar-refractivity contribution in [3.8, 4) is 5.69 Å². The van der Waals surface area contributed by atoms with Gasteiger partial charge in [0.2, 0.25) is 5.95 Å². The Morgan fingerprint density at radius 2 is 1.88 bits per heavy atom. The maximum atomic E-state index is 13.8. The number of aliphatic carboxylic acids is 1. The Kier molecular flexibility index (Phi) is 7.59. The zero-order chi connectivity index (χ0) is 28.2. The number of rotatable bonds is 10. The molecule has 2 aromatic heterocycles. The number of amides is 1. The average molecular weight is 541 g/mol. The molecule has 0 bridgehead atoms. The number of nitrogens with one attached hydrogen (secondary N) is 3. The zero-order valence-corrected chi connectivity index (χ0v) is 22.1. The number of aryl methyl sites for hydroxylation is 2. The second-order valence-electron chi connectivity index (χ2n) is 9.55. The summed E-state index contributed by atoms with van der Waals surface area (Å²) in [5.41, 5.74) is 5.53. The minimum absolute atomic E-state index is 0.0921. The lowest BCUT2D eigenvalue weighted by Crippen LogP contribution is -2.42. The van der Waals surface area contributed by atoms with Crippen molar-refractivity contribution in [3.63, 3.8) is 0 Å². The third kappa shape index (κ3) is 5.85. The quantitative estimate of drug-likeness (QED) is 0.202. The zero-order valence-electron chi connectivity index (χ0n) is 22.1. The first-order valence-corrected chi connectivity index (χ1v) is 13.0. The Morgan fingerprint density at radius 1 is 1.10 bits per heavy atom. The molecule has 0 saturated carbocycles. The molecule has 0 saturated heterocycles. The van der Waals surface area contributed by atoms with Crippen LogP contribution in [0.1, 0.15) is 39.7 Å². The van der Waals surface area contributed by atoms with Gasteiger partial charge in [-0.1, -0.05) is 31.2 Å². The molecule has 0 aliphatic heterocycles. The monoisotopic (exact) mass is 540 g/mol. The Hall–Kier alpha value is -4.99. The summed E-state index contributed by atoms with van der Waals surface area (Å²) in [5.74, 6) is -1.43. The van der Waals surface area contributed by atoms with Crippen LogP contribution in [0.4, 0.5) is 10.3 Å². The van der Waals surface area contributed by atoms with E-state index >= 15 is 0 Å². The molecule has 204 valence electrons. The number of carbonyl (C=O) groups is 2. The van der Waals surface area contributed by atoms with Gasteiger partial charge in [0.25, 0.3) is 5.91 Å². The van der Waals surface area contributed by atoms with E-state index in [1.807, 2.05) is 67.7 Å². The van der Waals surface area contributed by atoms with Gasteiger partial charge >= 0.3 is 5.97 Å². The maximum absolute atomic E-state index is 13.8. The van der Waals surface area contributed by atoms with Crippen LogP contribution in [0.5, 0.6) is 0 Å². The number of aromatic nitrogens is 4. The predicted octanol–water partition coefficient (Wildman–Crippen LogP) is 4.80. The number of carboxylic acid groups (broad SMARTS) is 1. The molecule has 4 N–H and O–H groups in total. The number of carbonyl (C=O) groups excluding carboxylic acids is 1. The van der Waals surface area contributed by atoms with Crippen molar-refractivity contribution in [2.24, 2.45) is 0 Å². The van der Waals surface area contributed by atoms with E-state index in [9.17, 15) is 19.1 Å². The summed E-state index contributed by atoms with van der Waals surface area (Å²) in [6, 6.07) is 18.5. The third-order valence-electron chi connectivity index (χ3n) is 6.70. The van der Waals surface area contributed by atoms with Crippen molar-refractivity contribution >= 4 is 28.9 Å². The van der Waals surface area contributed by atoms with Gasteiger partial charge in [-0.25, -0.2) is 18.9 Å². The highest BCUT2D eigenvalue weighted by atomic mass is 19.1. The van der Waals surface area contributed by atoms with Crippen LogP contribution in [0.15, 0.2) is 72.9 Å². The van der Waals surface area contributed by atoms with E-state index in [-0.39, 0.29) is 6.42 Å². The first kappa shape index (κ1) is 26.6. The van der Waals surface area contributed by atoms with Gasteiger partial charge < -0.3 is 20.7 Å². The molecule has 0 aliphatic carbocycles. The molecule has 9 nitrogen and oxygen atoms in total. The highest BCUT2D eigenvalue weighted by Gasteiger charge is 2.24. The average Bonchev–Trinajstić information content (AvgIpc) is 3.58. The van der Waals surface area contributed by atoms with Crippen LogP contribution in [0.3, 0.4) is 0 Å². The molecule has 0 fully saturated rings. The van der Waals surface area contributed by atoms with Crippen LogP contribution in [-0.4, -0.2) is 42.8 Å². The van der Waals surface area contributed by atoms with E-state index in [0.29, 0.717) is 35.6 Å². The molecule has 10 heteroatoms. The van der Waals surface area contributed by atoms with Crippen molar-refractivity contribution < 1.29 is 19.1 Å². The van der Waals surface area contributed by atoms with Gasteiger partial charge in [0.15, 0.2) is 0 Å². The van der Waals surface area contributed by atoms with Crippen molar-refractivity contribution in [2.45, 2.75) is 39.3 Å². The molecular weight excluding hydrogens is 511 g/mol. The van der Waals surface area contributed by atoms with Gasteiger partial charge in [-0.2, -0.15) is 5.10 Å². The van der Waals surface area contributed by atoms with Crippen LogP contribution in [-0.2, 0) is 24.2 Å². The lowest BCUT2D eigenvalue weighted by atomic mass is 9.98. The smallest absolute Gasteiger partial charge is 0.326 e. The highest BCUT2D eigenvalue weighted by molar-refractivity contribution is 5.99. The van der Waals surface area contributed by atoms with Gasteiger partial charge in [0, 0.05) is 18.2 Å². The topological polar surface area (TPSA) is 125 Å². The van der Waals surface area contributed by atoms with Crippen molar-refractivity contribution in [1.82, 2.24) is 25.1 Å². The molecule has 1 unspecified atom stereocenters. The fraction of sp³-hybridized carbons (Fsp3) is 0.200. The fourth-order valence-electron chi connectivity index (χ4n) is 4.68. The predicted molar refractivity (Wildman–Crippen MR) is 150 cm³/mol. The molecule has 40 heavy (non-hydrogen) atoms. The highest BCUT2D eigenvalue weighted by Crippen LogP contribution is 2.19. The normalized spacial score (nSPS) is 11.9. The maximum Gasteiger partial charge on any atom is 0.326 e. The Balaban J connectivity index is 1.22. The van der Waals surface area contributed by atoms with E-state index in [2.05, 4.69) is 25.7 Å². The number of aromatic amines is 1. The number of nitrogens with zero attached hydrogens (tertiary/aromatic N) is 3. The number of hydrogen-bond donors (Lipinski definition) is 4. The lowest BCUT2D eigenvalue weighted by molar-refractivity contribution is -0.139. The number of imidazole rings is 1. The summed E-state index contributed by atoms with van der Waals surface area (Å²) < 4.78 is 15.5. The molecule has 3 aromatic carbocycles. The van der Waals surface area contributed by atoms with E-state index in [1.54, 1.807) is 11.6 Å². The molecule has 0 radical (unpaired) electrons. The van der Waals surface area contributed by atoms with Gasteiger partial charge in [-0.05, 0) is 72.5 Å². The summed E-state index contributed by atoms with van der Waals surface area (Å²) in [4.78, 5) is 32.7. The first-order valence-electron chi connectivity index (χ1n) is 13.0. The Morgan fingerprint density at radius 3 is 2.60 bits per heavy atom. The van der Waals surface area contributed by atoms with Gasteiger partial charge in [0.1, 0.15) is 11.9 Å². The summed E-state index contributed by atoms with van der Waals surface area (Å²) in [5, 5.41) is 20.2. The van der Waals surface area contributed by atoms with Crippen molar-refractivity contribution in [1.29, 1.82) is 0 Å². The van der Waals surface area contributed by atoms with E-state index in [0.717, 1.165) is 28.0 Å². The summed E-state index contributed by atoms with van der Waals surface area (Å²) in [6.45, 7) is 3.94.